The molecular formula is C24H19F. The summed E-state index contributed by atoms with van der Waals surface area (Å²) in [6.07, 6.45) is 0. The van der Waals surface area contributed by atoms with E-state index in [-0.39, 0.29) is 5.82 Å². The lowest BCUT2D eigenvalue weighted by molar-refractivity contribution is 0.628. The van der Waals surface area contributed by atoms with Gasteiger partial charge in [-0.3, -0.25) is 0 Å². The first-order chi connectivity index (χ1) is 12.3. The van der Waals surface area contributed by atoms with Crippen molar-refractivity contribution < 1.29 is 4.39 Å². The van der Waals surface area contributed by atoms with Crippen LogP contribution in [0.4, 0.5) is 4.39 Å². The molecular weight excluding hydrogens is 307 g/mol. The first kappa shape index (κ1) is 16.7. The molecule has 0 spiro atoms. The number of hydrogen-bond acceptors (Lipinski definition) is 0. The van der Waals surface area contributed by atoms with Crippen LogP contribution in [-0.4, -0.2) is 0 Å². The highest BCUT2D eigenvalue weighted by atomic mass is 19.1. The summed E-state index contributed by atoms with van der Waals surface area (Å²) in [6, 6.07) is 37.2. The van der Waals surface area contributed by atoms with E-state index in [4.69, 9.17) is 0 Å². The summed E-state index contributed by atoms with van der Waals surface area (Å²) in [5.74, 6) is -0.193. The summed E-state index contributed by atoms with van der Waals surface area (Å²) < 4.78 is 12.9. The Bertz CT molecular complexity index is 847. The lowest BCUT2D eigenvalue weighted by Gasteiger charge is -1.99. The lowest BCUT2D eigenvalue weighted by atomic mass is 10.1. The molecule has 0 heterocycles. The van der Waals surface area contributed by atoms with Crippen LogP contribution < -0.4 is 0 Å². The lowest BCUT2D eigenvalue weighted by Crippen LogP contribution is -1.78. The van der Waals surface area contributed by atoms with E-state index in [2.05, 4.69) is 48.5 Å². The average molecular weight is 326 g/mol. The SMILES string of the molecule is Fc1cccc(-c2ccccc2)c1.c1ccc(-c2ccccc2)cc1. The van der Waals surface area contributed by atoms with E-state index >= 15 is 0 Å². The second-order valence-electron chi connectivity index (χ2n) is 5.61. The molecule has 0 aliphatic carbocycles. The van der Waals surface area contributed by atoms with E-state index < -0.39 is 0 Å². The van der Waals surface area contributed by atoms with Crippen LogP contribution in [0, 0.1) is 5.82 Å². The van der Waals surface area contributed by atoms with Crippen molar-refractivity contribution >= 4 is 0 Å². The molecule has 0 aliphatic heterocycles. The number of benzene rings is 4. The predicted molar refractivity (Wildman–Crippen MR) is 104 cm³/mol. The smallest absolute Gasteiger partial charge is 0.123 e. The molecule has 0 radical (unpaired) electrons. The largest absolute Gasteiger partial charge is 0.207 e. The molecule has 4 rings (SSSR count). The van der Waals surface area contributed by atoms with Crippen molar-refractivity contribution in [3.8, 4) is 22.3 Å². The highest BCUT2D eigenvalue weighted by molar-refractivity contribution is 5.63. The zero-order chi connectivity index (χ0) is 17.3. The minimum absolute atomic E-state index is 0.193. The van der Waals surface area contributed by atoms with Crippen LogP contribution >= 0.6 is 0 Å². The molecule has 0 aliphatic rings. The molecule has 25 heavy (non-hydrogen) atoms. The van der Waals surface area contributed by atoms with Gasteiger partial charge in [0.05, 0.1) is 0 Å². The molecule has 0 nitrogen and oxygen atoms in total. The molecule has 0 aromatic heterocycles. The van der Waals surface area contributed by atoms with Crippen molar-refractivity contribution in [1.82, 2.24) is 0 Å². The molecule has 0 N–H and O–H groups in total. The van der Waals surface area contributed by atoms with E-state index in [9.17, 15) is 4.39 Å². The van der Waals surface area contributed by atoms with Gasteiger partial charge in [-0.25, -0.2) is 4.39 Å². The van der Waals surface area contributed by atoms with E-state index in [0.717, 1.165) is 11.1 Å². The van der Waals surface area contributed by atoms with E-state index in [1.54, 1.807) is 6.07 Å². The summed E-state index contributed by atoms with van der Waals surface area (Å²) in [5.41, 5.74) is 4.51. The molecule has 0 atom stereocenters. The van der Waals surface area contributed by atoms with Crippen molar-refractivity contribution in [3.63, 3.8) is 0 Å². The molecule has 0 saturated heterocycles. The molecule has 0 bridgehead atoms. The molecule has 0 unspecified atom stereocenters. The Labute approximate surface area is 148 Å². The Morgan fingerprint density at radius 1 is 0.360 bits per heavy atom. The van der Waals surface area contributed by atoms with Crippen LogP contribution in [0.2, 0.25) is 0 Å². The third-order valence-electron chi connectivity index (χ3n) is 3.81. The first-order valence-corrected chi connectivity index (χ1v) is 8.24. The average Bonchev–Trinajstić information content (AvgIpc) is 2.71. The minimum Gasteiger partial charge on any atom is -0.207 e. The van der Waals surface area contributed by atoms with Crippen molar-refractivity contribution in [1.29, 1.82) is 0 Å². The maximum Gasteiger partial charge on any atom is 0.123 e. The zero-order valence-electron chi connectivity index (χ0n) is 13.8. The van der Waals surface area contributed by atoms with Crippen molar-refractivity contribution in [2.75, 3.05) is 0 Å². The highest BCUT2D eigenvalue weighted by Gasteiger charge is 1.96. The van der Waals surface area contributed by atoms with Crippen molar-refractivity contribution in [2.24, 2.45) is 0 Å². The Morgan fingerprint density at radius 2 is 0.720 bits per heavy atom. The molecule has 122 valence electrons. The second kappa shape index (κ2) is 8.60. The summed E-state index contributed by atoms with van der Waals surface area (Å²) in [6.45, 7) is 0. The fraction of sp³-hybridized carbons (Fsp3) is 0. The van der Waals surface area contributed by atoms with Crippen LogP contribution in [0.1, 0.15) is 0 Å². The van der Waals surface area contributed by atoms with Crippen LogP contribution in [0.5, 0.6) is 0 Å². The van der Waals surface area contributed by atoms with Gasteiger partial charge >= 0.3 is 0 Å². The molecule has 4 aromatic rings. The summed E-state index contributed by atoms with van der Waals surface area (Å²) in [7, 11) is 0. The predicted octanol–water partition coefficient (Wildman–Crippen LogP) is 6.85. The number of halogens is 1. The first-order valence-electron chi connectivity index (χ1n) is 8.24. The van der Waals surface area contributed by atoms with E-state index in [1.165, 1.54) is 23.3 Å². The third kappa shape index (κ3) is 4.89. The maximum absolute atomic E-state index is 12.9. The minimum atomic E-state index is -0.193. The van der Waals surface area contributed by atoms with Gasteiger partial charge in [-0.2, -0.15) is 0 Å². The van der Waals surface area contributed by atoms with Gasteiger partial charge in [0.1, 0.15) is 5.82 Å². The van der Waals surface area contributed by atoms with Crippen molar-refractivity contribution in [3.05, 3.63) is 121 Å². The zero-order valence-corrected chi connectivity index (χ0v) is 13.8. The van der Waals surface area contributed by atoms with Crippen molar-refractivity contribution in [2.45, 2.75) is 0 Å². The highest BCUT2D eigenvalue weighted by Crippen LogP contribution is 2.19. The van der Waals surface area contributed by atoms with Gasteiger partial charge in [0.15, 0.2) is 0 Å². The molecule has 0 saturated carbocycles. The Balaban J connectivity index is 0.000000146. The second-order valence-corrected chi connectivity index (χ2v) is 5.61. The monoisotopic (exact) mass is 326 g/mol. The standard InChI is InChI=1S/C12H9F.C12H10/c13-12-8-4-7-11(9-12)10-5-2-1-3-6-10;1-3-7-11(8-4-1)12-9-5-2-6-10-12/h1-9H;1-10H. The van der Waals surface area contributed by atoms with Gasteiger partial charge in [-0.05, 0) is 34.4 Å². The van der Waals surface area contributed by atoms with Crippen LogP contribution in [-0.2, 0) is 0 Å². The topological polar surface area (TPSA) is 0 Å². The molecule has 1 heteroatoms. The number of rotatable bonds is 2. The van der Waals surface area contributed by atoms with Gasteiger partial charge in [0.2, 0.25) is 0 Å². The van der Waals surface area contributed by atoms with Gasteiger partial charge in [-0.1, -0.05) is 103 Å². The molecule has 4 aromatic carbocycles. The van der Waals surface area contributed by atoms with Gasteiger partial charge in [-0.15, -0.1) is 0 Å². The summed E-state index contributed by atoms with van der Waals surface area (Å²) >= 11 is 0. The normalized spacial score (nSPS) is 9.80. The Morgan fingerprint density at radius 3 is 1.12 bits per heavy atom. The summed E-state index contributed by atoms with van der Waals surface area (Å²) in [5, 5.41) is 0. The van der Waals surface area contributed by atoms with Crippen LogP contribution in [0.3, 0.4) is 0 Å². The molecule has 0 amide bonds. The third-order valence-corrected chi connectivity index (χ3v) is 3.81. The van der Waals surface area contributed by atoms with Crippen LogP contribution in [0.15, 0.2) is 115 Å². The summed E-state index contributed by atoms with van der Waals surface area (Å²) in [4.78, 5) is 0. The van der Waals surface area contributed by atoms with Gasteiger partial charge in [0.25, 0.3) is 0 Å². The quantitative estimate of drug-likeness (QED) is 0.378. The Kier molecular flexibility index (Phi) is 5.73. The van der Waals surface area contributed by atoms with E-state index in [1.807, 2.05) is 48.5 Å². The van der Waals surface area contributed by atoms with Gasteiger partial charge < -0.3 is 0 Å². The van der Waals surface area contributed by atoms with Crippen LogP contribution in [0.25, 0.3) is 22.3 Å². The number of hydrogen-bond donors (Lipinski definition) is 0. The Hall–Kier alpha value is -3.19. The van der Waals surface area contributed by atoms with Gasteiger partial charge in [0, 0.05) is 0 Å². The van der Waals surface area contributed by atoms with E-state index in [0.29, 0.717) is 0 Å². The molecule has 0 fully saturated rings. The fourth-order valence-corrected chi connectivity index (χ4v) is 2.56. The fourth-order valence-electron chi connectivity index (χ4n) is 2.56. The maximum atomic E-state index is 12.9.